The maximum atomic E-state index is 12.9. The van der Waals surface area contributed by atoms with Crippen molar-refractivity contribution in [2.45, 2.75) is 25.4 Å². The van der Waals surface area contributed by atoms with Crippen LogP contribution in [0.5, 0.6) is 0 Å². The van der Waals surface area contributed by atoms with Crippen LogP contribution in [-0.4, -0.2) is 54.9 Å². The van der Waals surface area contributed by atoms with E-state index in [4.69, 9.17) is 9.47 Å². The van der Waals surface area contributed by atoms with E-state index in [1.54, 1.807) is 26.3 Å². The van der Waals surface area contributed by atoms with Crippen molar-refractivity contribution in [3.8, 4) is 0 Å². The number of likely N-dealkylation sites (tertiary alicyclic amines) is 1. The Morgan fingerprint density at radius 2 is 2.30 bits per heavy atom. The van der Waals surface area contributed by atoms with E-state index in [0.717, 1.165) is 25.9 Å². The minimum absolute atomic E-state index is 0.0929. The number of rotatable bonds is 3. The van der Waals surface area contributed by atoms with Crippen LogP contribution in [-0.2, 0) is 16.5 Å². The third-order valence-electron chi connectivity index (χ3n) is 5.11. The highest BCUT2D eigenvalue weighted by Gasteiger charge is 2.47. The van der Waals surface area contributed by atoms with Crippen molar-refractivity contribution >= 4 is 5.91 Å². The molecule has 3 heterocycles. The Bertz CT molecular complexity index is 638. The van der Waals surface area contributed by atoms with E-state index in [2.05, 4.69) is 0 Å². The van der Waals surface area contributed by atoms with E-state index < -0.39 is 0 Å². The summed E-state index contributed by atoms with van der Waals surface area (Å²) < 4.78 is 12.8. The van der Waals surface area contributed by atoms with Crippen molar-refractivity contribution in [3.05, 3.63) is 34.2 Å². The number of piperidine rings is 1. The van der Waals surface area contributed by atoms with Gasteiger partial charge in [-0.2, -0.15) is 0 Å². The number of amides is 1. The van der Waals surface area contributed by atoms with Gasteiger partial charge in [-0.15, -0.1) is 0 Å². The Hall–Kier alpha value is -1.66. The minimum atomic E-state index is -0.168. The highest BCUT2D eigenvalue weighted by atomic mass is 16.5. The Labute approximate surface area is 136 Å². The van der Waals surface area contributed by atoms with Gasteiger partial charge >= 0.3 is 0 Å². The number of methoxy groups -OCH3 is 1. The Morgan fingerprint density at radius 3 is 3.09 bits per heavy atom. The molecule has 2 atom stereocenters. The van der Waals surface area contributed by atoms with Crippen molar-refractivity contribution in [1.29, 1.82) is 0 Å². The fourth-order valence-electron chi connectivity index (χ4n) is 3.90. The van der Waals surface area contributed by atoms with Gasteiger partial charge in [-0.05, 0) is 25.3 Å². The standard InChI is InChI=1S/C17H24N2O4/c1-18-13(5-3-6-15(18)20)16(21)19-9-7-14-17(11-19,12-22-2)8-4-10-23-14/h3,5-6,14H,4,7-12H2,1-2H3. The van der Waals surface area contributed by atoms with E-state index in [0.29, 0.717) is 25.4 Å². The summed E-state index contributed by atoms with van der Waals surface area (Å²) in [7, 11) is 3.33. The van der Waals surface area contributed by atoms with Crippen LogP contribution in [0.1, 0.15) is 29.8 Å². The van der Waals surface area contributed by atoms with Crippen LogP contribution in [0.4, 0.5) is 0 Å². The maximum absolute atomic E-state index is 12.9. The van der Waals surface area contributed by atoms with Gasteiger partial charge in [-0.25, -0.2) is 0 Å². The number of carbonyl (C=O) groups excluding carboxylic acids is 1. The molecule has 1 amide bonds. The van der Waals surface area contributed by atoms with E-state index >= 15 is 0 Å². The molecule has 2 fully saturated rings. The summed E-state index contributed by atoms with van der Waals surface area (Å²) >= 11 is 0. The number of nitrogens with zero attached hydrogens (tertiary/aromatic N) is 2. The van der Waals surface area contributed by atoms with Gasteiger partial charge in [0, 0.05) is 45.3 Å². The summed E-state index contributed by atoms with van der Waals surface area (Å²) in [4.78, 5) is 26.5. The summed E-state index contributed by atoms with van der Waals surface area (Å²) in [5.41, 5.74) is 0.132. The van der Waals surface area contributed by atoms with Gasteiger partial charge in [0.25, 0.3) is 11.5 Å². The number of ether oxygens (including phenoxy) is 2. The quantitative estimate of drug-likeness (QED) is 0.835. The van der Waals surface area contributed by atoms with Gasteiger partial charge in [0.15, 0.2) is 0 Å². The minimum Gasteiger partial charge on any atom is -0.384 e. The molecule has 0 saturated carbocycles. The van der Waals surface area contributed by atoms with Gasteiger partial charge in [-0.1, -0.05) is 6.07 Å². The van der Waals surface area contributed by atoms with Crippen molar-refractivity contribution < 1.29 is 14.3 Å². The van der Waals surface area contributed by atoms with Gasteiger partial charge < -0.3 is 18.9 Å². The molecule has 0 bridgehead atoms. The highest BCUT2D eigenvalue weighted by Crippen LogP contribution is 2.40. The number of hydrogen-bond acceptors (Lipinski definition) is 4. The van der Waals surface area contributed by atoms with Crippen LogP contribution in [0.3, 0.4) is 0 Å². The molecule has 2 aliphatic rings. The van der Waals surface area contributed by atoms with Crippen LogP contribution < -0.4 is 5.56 Å². The summed E-state index contributed by atoms with van der Waals surface area (Å²) in [6.45, 7) is 2.65. The van der Waals surface area contributed by atoms with Crippen molar-refractivity contribution in [3.63, 3.8) is 0 Å². The first-order chi connectivity index (χ1) is 11.1. The van der Waals surface area contributed by atoms with E-state index in [1.807, 2.05) is 4.90 Å². The van der Waals surface area contributed by atoms with Gasteiger partial charge in [0.05, 0.1) is 12.7 Å². The molecular weight excluding hydrogens is 296 g/mol. The van der Waals surface area contributed by atoms with Crippen LogP contribution in [0.15, 0.2) is 23.0 Å². The predicted octanol–water partition coefficient (Wildman–Crippen LogP) is 1.04. The molecular formula is C17H24N2O4. The van der Waals surface area contributed by atoms with E-state index in [-0.39, 0.29) is 23.0 Å². The normalized spacial score (nSPS) is 27.6. The lowest BCUT2D eigenvalue weighted by molar-refractivity contribution is -0.142. The molecule has 2 saturated heterocycles. The molecule has 0 aliphatic carbocycles. The summed E-state index contributed by atoms with van der Waals surface area (Å²) in [6.07, 6.45) is 2.96. The SMILES string of the molecule is COCC12CCCOC1CCN(C(=O)c1cccc(=O)n1C)C2. The van der Waals surface area contributed by atoms with Crippen molar-refractivity contribution in [1.82, 2.24) is 9.47 Å². The Kier molecular flexibility index (Phi) is 4.55. The molecule has 3 rings (SSSR count). The molecule has 2 aliphatic heterocycles. The number of fused-ring (bicyclic) bond motifs is 1. The number of aromatic nitrogens is 1. The molecule has 1 aromatic heterocycles. The molecule has 2 unspecified atom stereocenters. The lowest BCUT2D eigenvalue weighted by Gasteiger charge is -2.50. The first kappa shape index (κ1) is 16.2. The van der Waals surface area contributed by atoms with Gasteiger partial charge in [0.2, 0.25) is 0 Å². The predicted molar refractivity (Wildman–Crippen MR) is 85.5 cm³/mol. The summed E-state index contributed by atoms with van der Waals surface area (Å²) in [6, 6.07) is 4.80. The second-order valence-corrected chi connectivity index (χ2v) is 6.58. The van der Waals surface area contributed by atoms with Crippen LogP contribution >= 0.6 is 0 Å². The van der Waals surface area contributed by atoms with Gasteiger partial charge in [0.1, 0.15) is 5.69 Å². The molecule has 23 heavy (non-hydrogen) atoms. The molecule has 6 nitrogen and oxygen atoms in total. The molecule has 0 radical (unpaired) electrons. The largest absolute Gasteiger partial charge is 0.384 e. The van der Waals surface area contributed by atoms with Crippen molar-refractivity contribution in [2.75, 3.05) is 33.4 Å². The summed E-state index contributed by atoms with van der Waals surface area (Å²) in [5.74, 6) is -0.0929. The molecule has 126 valence electrons. The lowest BCUT2D eigenvalue weighted by atomic mass is 9.73. The zero-order valence-corrected chi connectivity index (χ0v) is 13.8. The third-order valence-corrected chi connectivity index (χ3v) is 5.11. The fourth-order valence-corrected chi connectivity index (χ4v) is 3.90. The van der Waals surface area contributed by atoms with Gasteiger partial charge in [-0.3, -0.25) is 9.59 Å². The number of pyridine rings is 1. The number of carbonyl (C=O) groups is 1. The zero-order valence-electron chi connectivity index (χ0n) is 13.8. The second kappa shape index (κ2) is 6.45. The topological polar surface area (TPSA) is 60.8 Å². The molecule has 0 spiro atoms. The van der Waals surface area contributed by atoms with E-state index in [9.17, 15) is 9.59 Å². The second-order valence-electron chi connectivity index (χ2n) is 6.58. The average Bonchev–Trinajstić information content (AvgIpc) is 2.56. The molecule has 1 aromatic rings. The average molecular weight is 320 g/mol. The molecule has 6 heteroatoms. The van der Waals surface area contributed by atoms with Crippen LogP contribution in [0.2, 0.25) is 0 Å². The molecule has 0 aromatic carbocycles. The lowest BCUT2D eigenvalue weighted by Crippen LogP contribution is -2.58. The zero-order chi connectivity index (χ0) is 16.4. The maximum Gasteiger partial charge on any atom is 0.270 e. The van der Waals surface area contributed by atoms with E-state index in [1.165, 1.54) is 10.6 Å². The monoisotopic (exact) mass is 320 g/mol. The highest BCUT2D eigenvalue weighted by molar-refractivity contribution is 5.92. The van der Waals surface area contributed by atoms with Crippen LogP contribution in [0, 0.1) is 5.41 Å². The number of hydrogen-bond donors (Lipinski definition) is 0. The smallest absolute Gasteiger partial charge is 0.270 e. The fraction of sp³-hybridized carbons (Fsp3) is 0.647. The Balaban J connectivity index is 1.85. The first-order valence-corrected chi connectivity index (χ1v) is 8.13. The summed E-state index contributed by atoms with van der Waals surface area (Å²) in [5, 5.41) is 0. The molecule has 0 N–H and O–H groups in total. The first-order valence-electron chi connectivity index (χ1n) is 8.13. The van der Waals surface area contributed by atoms with Crippen molar-refractivity contribution in [2.24, 2.45) is 12.5 Å². The van der Waals surface area contributed by atoms with Crippen LogP contribution in [0.25, 0.3) is 0 Å². The third kappa shape index (κ3) is 2.93. The Morgan fingerprint density at radius 1 is 1.48 bits per heavy atom.